The summed E-state index contributed by atoms with van der Waals surface area (Å²) < 4.78 is 0. The maximum atomic E-state index is 10.2. The zero-order valence-corrected chi connectivity index (χ0v) is 11.5. The Morgan fingerprint density at radius 2 is 1.95 bits per heavy atom. The highest BCUT2D eigenvalue weighted by molar-refractivity contribution is 6.30. The van der Waals surface area contributed by atoms with Crippen molar-refractivity contribution in [2.75, 3.05) is 11.4 Å². The van der Waals surface area contributed by atoms with E-state index in [-0.39, 0.29) is 5.76 Å². The lowest BCUT2D eigenvalue weighted by Crippen LogP contribution is -2.25. The summed E-state index contributed by atoms with van der Waals surface area (Å²) in [6.07, 6.45) is 7.06. The van der Waals surface area contributed by atoms with Crippen molar-refractivity contribution >= 4 is 23.0 Å². The summed E-state index contributed by atoms with van der Waals surface area (Å²) in [6.45, 7) is 0.683. The minimum Gasteiger partial charge on any atom is -0.506 e. The minimum absolute atomic E-state index is 0.238. The molecule has 0 aliphatic carbocycles. The number of hydrogen-bond acceptors (Lipinski definition) is 3. The molecule has 0 saturated carbocycles. The van der Waals surface area contributed by atoms with Crippen LogP contribution in [0.25, 0.3) is 5.70 Å². The molecular weight excluding hydrogens is 272 g/mol. The smallest absolute Gasteiger partial charge is 0.139 e. The average molecular weight is 285 g/mol. The number of nitrogens with zero attached hydrogens (tertiary/aromatic N) is 2. The summed E-state index contributed by atoms with van der Waals surface area (Å²) in [6, 6.07) is 11.3. The van der Waals surface area contributed by atoms with Gasteiger partial charge in [0.25, 0.3) is 0 Å². The van der Waals surface area contributed by atoms with Crippen LogP contribution in [0.1, 0.15) is 5.56 Å². The molecule has 1 aliphatic heterocycles. The van der Waals surface area contributed by atoms with Crippen molar-refractivity contribution in [3.8, 4) is 0 Å². The molecule has 4 heteroatoms. The summed E-state index contributed by atoms with van der Waals surface area (Å²) in [5.74, 6) is 0.238. The van der Waals surface area contributed by atoms with E-state index in [1.54, 1.807) is 18.5 Å². The molecule has 0 amide bonds. The molecule has 0 radical (unpaired) electrons. The fraction of sp³-hybridized carbons (Fsp3) is 0.0625. The SMILES string of the molecule is OC1=C(c2ccncc2)N(c2cccc(Cl)c2)CC=C1. The Labute approximate surface area is 122 Å². The van der Waals surface area contributed by atoms with Crippen LogP contribution < -0.4 is 4.90 Å². The van der Waals surface area contributed by atoms with Gasteiger partial charge in [-0.1, -0.05) is 23.7 Å². The second-order valence-corrected chi connectivity index (χ2v) is 4.90. The summed E-state index contributed by atoms with van der Waals surface area (Å²) in [7, 11) is 0. The van der Waals surface area contributed by atoms with E-state index in [1.807, 2.05) is 47.4 Å². The van der Waals surface area contributed by atoms with Crippen molar-refractivity contribution < 1.29 is 5.11 Å². The van der Waals surface area contributed by atoms with E-state index in [9.17, 15) is 5.11 Å². The van der Waals surface area contributed by atoms with Crippen molar-refractivity contribution in [3.63, 3.8) is 0 Å². The second kappa shape index (κ2) is 5.39. The van der Waals surface area contributed by atoms with Gasteiger partial charge in [-0.2, -0.15) is 0 Å². The number of aliphatic hydroxyl groups excluding tert-OH is 1. The quantitative estimate of drug-likeness (QED) is 0.904. The number of aromatic nitrogens is 1. The topological polar surface area (TPSA) is 36.4 Å². The Balaban J connectivity index is 2.09. The van der Waals surface area contributed by atoms with Gasteiger partial charge in [0.1, 0.15) is 5.76 Å². The minimum atomic E-state index is 0.238. The Morgan fingerprint density at radius 1 is 1.15 bits per heavy atom. The predicted octanol–water partition coefficient (Wildman–Crippen LogP) is 4.04. The molecule has 1 aromatic carbocycles. The van der Waals surface area contributed by atoms with Crippen molar-refractivity contribution in [2.45, 2.75) is 0 Å². The van der Waals surface area contributed by atoms with Crippen LogP contribution in [0, 0.1) is 0 Å². The standard InChI is InChI=1S/C16H13ClN2O/c17-13-3-1-4-14(11-13)19-10-2-5-15(20)16(19)12-6-8-18-9-7-12/h1-9,11,20H,10H2. The number of anilines is 1. The third-order valence-corrected chi connectivity index (χ3v) is 3.38. The maximum absolute atomic E-state index is 10.2. The fourth-order valence-electron chi connectivity index (χ4n) is 2.27. The number of aliphatic hydroxyl groups is 1. The van der Waals surface area contributed by atoms with Crippen LogP contribution >= 0.6 is 11.6 Å². The zero-order chi connectivity index (χ0) is 13.9. The first kappa shape index (κ1) is 12.8. The molecule has 0 saturated heterocycles. The molecule has 3 nitrogen and oxygen atoms in total. The van der Waals surface area contributed by atoms with Gasteiger partial charge in [0.15, 0.2) is 0 Å². The summed E-state index contributed by atoms with van der Waals surface area (Å²) in [4.78, 5) is 6.04. The van der Waals surface area contributed by atoms with E-state index in [0.717, 1.165) is 16.9 Å². The molecule has 0 atom stereocenters. The molecule has 0 bridgehead atoms. The van der Waals surface area contributed by atoms with Gasteiger partial charge >= 0.3 is 0 Å². The lowest BCUT2D eigenvalue weighted by atomic mass is 10.1. The highest BCUT2D eigenvalue weighted by Crippen LogP contribution is 2.31. The van der Waals surface area contributed by atoms with Gasteiger partial charge in [0, 0.05) is 35.2 Å². The number of allylic oxidation sites excluding steroid dienone is 1. The van der Waals surface area contributed by atoms with Gasteiger partial charge in [0.05, 0.1) is 5.70 Å². The zero-order valence-electron chi connectivity index (χ0n) is 10.7. The predicted molar refractivity (Wildman–Crippen MR) is 81.7 cm³/mol. The lowest BCUT2D eigenvalue weighted by molar-refractivity contribution is 0.431. The number of rotatable bonds is 2. The van der Waals surface area contributed by atoms with Crippen LogP contribution in [0.2, 0.25) is 5.02 Å². The summed E-state index contributed by atoms with van der Waals surface area (Å²) in [5, 5.41) is 10.9. The Bertz CT molecular complexity index is 680. The molecule has 2 aromatic rings. The first-order valence-electron chi connectivity index (χ1n) is 6.29. The normalized spacial score (nSPS) is 14.8. The number of hydrogen-bond donors (Lipinski definition) is 1. The number of halogens is 1. The van der Waals surface area contributed by atoms with Crippen molar-refractivity contribution in [1.29, 1.82) is 0 Å². The van der Waals surface area contributed by atoms with Crippen LogP contribution in [0.15, 0.2) is 66.7 Å². The Hall–Kier alpha value is -2.26. The highest BCUT2D eigenvalue weighted by atomic mass is 35.5. The third-order valence-electron chi connectivity index (χ3n) is 3.15. The van der Waals surface area contributed by atoms with E-state index >= 15 is 0 Å². The highest BCUT2D eigenvalue weighted by Gasteiger charge is 2.19. The molecule has 0 fully saturated rings. The molecular formula is C16H13ClN2O. The van der Waals surface area contributed by atoms with E-state index < -0.39 is 0 Å². The van der Waals surface area contributed by atoms with E-state index in [2.05, 4.69) is 4.98 Å². The lowest BCUT2D eigenvalue weighted by Gasteiger charge is -2.29. The van der Waals surface area contributed by atoms with Gasteiger partial charge in [-0.25, -0.2) is 0 Å². The number of pyridine rings is 1. The van der Waals surface area contributed by atoms with Crippen molar-refractivity contribution in [3.05, 3.63) is 77.3 Å². The van der Waals surface area contributed by atoms with Gasteiger partial charge in [-0.15, -0.1) is 0 Å². The average Bonchev–Trinajstić information content (AvgIpc) is 2.48. The van der Waals surface area contributed by atoms with Crippen LogP contribution in [-0.4, -0.2) is 16.6 Å². The summed E-state index contributed by atoms with van der Waals surface area (Å²) in [5.41, 5.74) is 2.62. The van der Waals surface area contributed by atoms with Crippen LogP contribution in [0.5, 0.6) is 0 Å². The molecule has 20 heavy (non-hydrogen) atoms. The Morgan fingerprint density at radius 3 is 2.70 bits per heavy atom. The molecule has 3 rings (SSSR count). The van der Waals surface area contributed by atoms with Crippen LogP contribution in [0.3, 0.4) is 0 Å². The van der Waals surface area contributed by atoms with E-state index in [0.29, 0.717) is 11.6 Å². The molecule has 100 valence electrons. The Kier molecular flexibility index (Phi) is 3.44. The second-order valence-electron chi connectivity index (χ2n) is 4.46. The van der Waals surface area contributed by atoms with Crippen molar-refractivity contribution in [2.24, 2.45) is 0 Å². The molecule has 1 N–H and O–H groups in total. The maximum Gasteiger partial charge on any atom is 0.139 e. The van der Waals surface area contributed by atoms with Crippen molar-refractivity contribution in [1.82, 2.24) is 4.98 Å². The fourth-order valence-corrected chi connectivity index (χ4v) is 2.45. The number of benzene rings is 1. The van der Waals surface area contributed by atoms with E-state index in [4.69, 9.17) is 11.6 Å². The molecule has 0 unspecified atom stereocenters. The summed E-state index contributed by atoms with van der Waals surface area (Å²) >= 11 is 6.06. The third kappa shape index (κ3) is 2.40. The largest absolute Gasteiger partial charge is 0.506 e. The first-order valence-corrected chi connectivity index (χ1v) is 6.67. The van der Waals surface area contributed by atoms with E-state index in [1.165, 1.54) is 0 Å². The van der Waals surface area contributed by atoms with Gasteiger partial charge < -0.3 is 10.0 Å². The molecule has 1 aliphatic rings. The van der Waals surface area contributed by atoms with Crippen LogP contribution in [-0.2, 0) is 0 Å². The van der Waals surface area contributed by atoms with Crippen LogP contribution in [0.4, 0.5) is 5.69 Å². The first-order chi connectivity index (χ1) is 9.75. The van der Waals surface area contributed by atoms with Gasteiger partial charge in [0.2, 0.25) is 0 Å². The molecule has 2 heterocycles. The molecule has 1 aromatic heterocycles. The monoisotopic (exact) mass is 284 g/mol. The molecule has 0 spiro atoms. The van der Waals surface area contributed by atoms with Gasteiger partial charge in [-0.05, 0) is 36.4 Å². The van der Waals surface area contributed by atoms with Gasteiger partial charge in [-0.3, -0.25) is 4.98 Å².